The second-order valence-corrected chi connectivity index (χ2v) is 3.41. The molecule has 4 N–H and O–H groups in total. The van der Waals surface area contributed by atoms with Gasteiger partial charge in [-0.15, -0.1) is 0 Å². The third-order valence-electron chi connectivity index (χ3n) is 2.32. The summed E-state index contributed by atoms with van der Waals surface area (Å²) >= 11 is 0. The molecular formula is C11H13N3O. The Balaban J connectivity index is 2.63. The zero-order valence-electron chi connectivity index (χ0n) is 8.53. The number of nitrogen functional groups attached to an aromatic ring is 2. The molecule has 1 heterocycles. The highest BCUT2D eigenvalue weighted by Crippen LogP contribution is 2.25. The smallest absolute Gasteiger partial charge is 0.0740 e. The van der Waals surface area contributed by atoms with Gasteiger partial charge in [-0.1, -0.05) is 6.07 Å². The number of nitrogens with zero attached hydrogens (tertiary/aromatic N) is 1. The van der Waals surface area contributed by atoms with Crippen LogP contribution in [0.2, 0.25) is 0 Å². The Bertz CT molecular complexity index is 496. The number of benzene rings is 1. The van der Waals surface area contributed by atoms with E-state index in [1.54, 1.807) is 13.3 Å². The van der Waals surface area contributed by atoms with Crippen molar-refractivity contribution >= 4 is 22.3 Å². The fourth-order valence-electron chi connectivity index (χ4n) is 1.53. The van der Waals surface area contributed by atoms with Gasteiger partial charge in [0.15, 0.2) is 0 Å². The first-order valence-corrected chi connectivity index (χ1v) is 4.64. The zero-order chi connectivity index (χ0) is 10.8. The zero-order valence-corrected chi connectivity index (χ0v) is 8.53. The second kappa shape index (κ2) is 3.74. The second-order valence-electron chi connectivity index (χ2n) is 3.41. The third kappa shape index (κ3) is 1.71. The number of hydrogen-bond donors (Lipinski definition) is 2. The van der Waals surface area contributed by atoms with Crippen molar-refractivity contribution in [3.05, 3.63) is 30.0 Å². The molecule has 0 aliphatic rings. The molecular weight excluding hydrogens is 190 g/mol. The van der Waals surface area contributed by atoms with Gasteiger partial charge in [-0.05, 0) is 17.7 Å². The molecule has 4 heteroatoms. The average Bonchev–Trinajstić information content (AvgIpc) is 2.25. The van der Waals surface area contributed by atoms with E-state index in [0.717, 1.165) is 16.5 Å². The largest absolute Gasteiger partial charge is 0.396 e. The molecule has 0 saturated carbocycles. The van der Waals surface area contributed by atoms with Crippen molar-refractivity contribution < 1.29 is 4.74 Å². The van der Waals surface area contributed by atoms with Crippen molar-refractivity contribution in [3.63, 3.8) is 0 Å². The van der Waals surface area contributed by atoms with Gasteiger partial charge in [0, 0.05) is 12.5 Å². The van der Waals surface area contributed by atoms with Crippen molar-refractivity contribution in [1.82, 2.24) is 4.98 Å². The van der Waals surface area contributed by atoms with Crippen LogP contribution in [0.3, 0.4) is 0 Å². The summed E-state index contributed by atoms with van der Waals surface area (Å²) in [4.78, 5) is 4.20. The molecule has 1 aromatic carbocycles. The lowest BCUT2D eigenvalue weighted by Crippen LogP contribution is -1.98. The van der Waals surface area contributed by atoms with Crippen molar-refractivity contribution in [2.75, 3.05) is 18.6 Å². The van der Waals surface area contributed by atoms with Crippen LogP contribution in [0, 0.1) is 0 Å². The summed E-state index contributed by atoms with van der Waals surface area (Å²) in [5, 5.41) is 0.879. The van der Waals surface area contributed by atoms with Gasteiger partial charge in [0.1, 0.15) is 0 Å². The minimum atomic E-state index is 0.511. The highest BCUT2D eigenvalue weighted by molar-refractivity contribution is 5.95. The molecule has 0 spiro atoms. The number of fused-ring (bicyclic) bond motifs is 1. The van der Waals surface area contributed by atoms with E-state index in [0.29, 0.717) is 18.0 Å². The van der Waals surface area contributed by atoms with Crippen molar-refractivity contribution in [2.45, 2.75) is 6.61 Å². The Morgan fingerprint density at radius 1 is 1.33 bits per heavy atom. The van der Waals surface area contributed by atoms with Gasteiger partial charge in [-0.25, -0.2) is 0 Å². The number of hydrogen-bond acceptors (Lipinski definition) is 4. The van der Waals surface area contributed by atoms with E-state index in [9.17, 15) is 0 Å². The van der Waals surface area contributed by atoms with Gasteiger partial charge in [-0.3, -0.25) is 4.98 Å². The maximum Gasteiger partial charge on any atom is 0.0740 e. The normalized spacial score (nSPS) is 10.7. The molecule has 4 nitrogen and oxygen atoms in total. The summed E-state index contributed by atoms with van der Waals surface area (Å²) in [6.45, 7) is 0.560. The van der Waals surface area contributed by atoms with Crippen molar-refractivity contribution in [2.24, 2.45) is 0 Å². The standard InChI is InChI=1S/C11H13N3O/c1-15-6-7-2-3-10-8(4-7)11(13)9(12)5-14-10/h2-5H,6,12H2,1H3,(H2,13,14). The van der Waals surface area contributed by atoms with E-state index in [4.69, 9.17) is 16.2 Å². The monoisotopic (exact) mass is 203 g/mol. The summed E-state index contributed by atoms with van der Waals surface area (Å²) in [6.07, 6.45) is 1.58. The van der Waals surface area contributed by atoms with Crippen LogP contribution in [0.1, 0.15) is 5.56 Å². The van der Waals surface area contributed by atoms with Crippen LogP contribution in [-0.4, -0.2) is 12.1 Å². The van der Waals surface area contributed by atoms with Gasteiger partial charge < -0.3 is 16.2 Å². The highest BCUT2D eigenvalue weighted by atomic mass is 16.5. The first-order chi connectivity index (χ1) is 7.22. The summed E-state index contributed by atoms with van der Waals surface area (Å²) in [7, 11) is 1.66. The lowest BCUT2D eigenvalue weighted by molar-refractivity contribution is 0.185. The van der Waals surface area contributed by atoms with Crippen LogP contribution >= 0.6 is 0 Å². The molecule has 0 amide bonds. The average molecular weight is 203 g/mol. The van der Waals surface area contributed by atoms with E-state index in [2.05, 4.69) is 4.98 Å². The van der Waals surface area contributed by atoms with Crippen LogP contribution < -0.4 is 11.5 Å². The quantitative estimate of drug-likeness (QED) is 0.776. The van der Waals surface area contributed by atoms with Crippen LogP contribution in [0.25, 0.3) is 10.9 Å². The number of aromatic nitrogens is 1. The van der Waals surface area contributed by atoms with Gasteiger partial charge >= 0.3 is 0 Å². The Morgan fingerprint density at radius 3 is 2.87 bits per heavy atom. The molecule has 78 valence electrons. The number of pyridine rings is 1. The first kappa shape index (κ1) is 9.73. The fraction of sp³-hybridized carbons (Fsp3) is 0.182. The van der Waals surface area contributed by atoms with Gasteiger partial charge in [-0.2, -0.15) is 0 Å². The first-order valence-electron chi connectivity index (χ1n) is 4.64. The molecule has 0 aliphatic carbocycles. The molecule has 2 rings (SSSR count). The van der Waals surface area contributed by atoms with Crippen LogP contribution in [0.15, 0.2) is 24.4 Å². The number of methoxy groups -OCH3 is 1. The van der Waals surface area contributed by atoms with E-state index in [1.165, 1.54) is 0 Å². The van der Waals surface area contributed by atoms with E-state index in [-0.39, 0.29) is 0 Å². The number of nitrogens with two attached hydrogens (primary N) is 2. The molecule has 0 aliphatic heterocycles. The van der Waals surface area contributed by atoms with Gasteiger partial charge in [0.2, 0.25) is 0 Å². The van der Waals surface area contributed by atoms with Gasteiger partial charge in [0.05, 0.1) is 29.7 Å². The SMILES string of the molecule is COCc1ccc2ncc(N)c(N)c2c1. The lowest BCUT2D eigenvalue weighted by atomic mass is 10.1. The maximum atomic E-state index is 5.88. The molecule has 15 heavy (non-hydrogen) atoms. The Labute approximate surface area is 87.9 Å². The minimum Gasteiger partial charge on any atom is -0.396 e. The Kier molecular flexibility index (Phi) is 2.43. The maximum absolute atomic E-state index is 5.88. The number of anilines is 2. The number of ether oxygens (including phenoxy) is 1. The summed E-state index contributed by atoms with van der Waals surface area (Å²) < 4.78 is 5.05. The molecule has 1 aromatic heterocycles. The molecule has 0 saturated heterocycles. The molecule has 0 unspecified atom stereocenters. The Hall–Kier alpha value is -1.81. The fourth-order valence-corrected chi connectivity index (χ4v) is 1.53. The van der Waals surface area contributed by atoms with Crippen LogP contribution in [0.4, 0.5) is 11.4 Å². The van der Waals surface area contributed by atoms with E-state index >= 15 is 0 Å². The van der Waals surface area contributed by atoms with Crippen LogP contribution in [-0.2, 0) is 11.3 Å². The summed E-state index contributed by atoms with van der Waals surface area (Å²) in [5.74, 6) is 0. The highest BCUT2D eigenvalue weighted by Gasteiger charge is 2.03. The Morgan fingerprint density at radius 2 is 2.13 bits per heavy atom. The molecule has 0 fully saturated rings. The third-order valence-corrected chi connectivity index (χ3v) is 2.32. The lowest BCUT2D eigenvalue weighted by Gasteiger charge is -2.06. The molecule has 0 bridgehead atoms. The topological polar surface area (TPSA) is 74.2 Å². The number of rotatable bonds is 2. The summed E-state index contributed by atoms with van der Waals surface area (Å²) in [6, 6.07) is 5.84. The van der Waals surface area contributed by atoms with Crippen molar-refractivity contribution in [1.29, 1.82) is 0 Å². The van der Waals surface area contributed by atoms with E-state index in [1.807, 2.05) is 18.2 Å². The molecule has 2 aromatic rings. The van der Waals surface area contributed by atoms with Crippen LogP contribution in [0.5, 0.6) is 0 Å². The minimum absolute atomic E-state index is 0.511. The predicted molar refractivity (Wildman–Crippen MR) is 61.3 cm³/mol. The van der Waals surface area contributed by atoms with Crippen molar-refractivity contribution in [3.8, 4) is 0 Å². The molecule has 0 atom stereocenters. The van der Waals surface area contributed by atoms with E-state index < -0.39 is 0 Å². The van der Waals surface area contributed by atoms with Gasteiger partial charge in [0.25, 0.3) is 0 Å². The molecule has 0 radical (unpaired) electrons. The summed E-state index contributed by atoms with van der Waals surface area (Å²) in [5.41, 5.74) is 14.6. The predicted octanol–water partition coefficient (Wildman–Crippen LogP) is 1.55.